The summed E-state index contributed by atoms with van der Waals surface area (Å²) < 4.78 is 37.2. The van der Waals surface area contributed by atoms with Crippen LogP contribution in [0, 0.1) is 0 Å². The standard InChI is InChI=1S/C31H41NO8/c1-19(2)35-28(34)23(33)22(32(17-20-13-9-7-10-14-20)18-21-15-11-8-12-16-21)24-25-26(38-30(3,4)37-25)27-29(36-24)40-31(5,6)39-27/h7-16,19,22-27,29,33H,17-18H2,1-6H3/t22-,23+,24+,25-,26-,27+,29+/m0/s1. The highest BCUT2D eigenvalue weighted by molar-refractivity contribution is 5.75. The van der Waals surface area contributed by atoms with E-state index in [0.29, 0.717) is 13.1 Å². The molecular formula is C31H41NO8. The van der Waals surface area contributed by atoms with Crippen LogP contribution in [0.25, 0.3) is 0 Å². The summed E-state index contributed by atoms with van der Waals surface area (Å²) in [7, 11) is 0. The van der Waals surface area contributed by atoms with Crippen LogP contribution in [0.5, 0.6) is 0 Å². The van der Waals surface area contributed by atoms with Gasteiger partial charge in [-0.2, -0.15) is 0 Å². The Balaban J connectivity index is 1.57. The molecule has 3 heterocycles. The van der Waals surface area contributed by atoms with Gasteiger partial charge < -0.3 is 33.5 Å². The Morgan fingerprint density at radius 2 is 1.32 bits per heavy atom. The fraction of sp³-hybridized carbons (Fsp3) is 0.581. The average Bonchev–Trinajstić information content (AvgIpc) is 3.38. The lowest BCUT2D eigenvalue weighted by atomic mass is 9.89. The first-order valence-corrected chi connectivity index (χ1v) is 14.0. The predicted octanol–water partition coefficient (Wildman–Crippen LogP) is 3.77. The van der Waals surface area contributed by atoms with Gasteiger partial charge in [0.15, 0.2) is 24.0 Å². The molecule has 9 heteroatoms. The Kier molecular flexibility index (Phi) is 8.37. The van der Waals surface area contributed by atoms with E-state index in [9.17, 15) is 9.90 Å². The van der Waals surface area contributed by atoms with Gasteiger partial charge in [0.1, 0.15) is 24.4 Å². The molecule has 0 aliphatic carbocycles. The molecule has 0 saturated carbocycles. The highest BCUT2D eigenvalue weighted by Crippen LogP contribution is 2.46. The number of aliphatic hydroxyl groups is 1. The van der Waals surface area contributed by atoms with E-state index in [-0.39, 0.29) is 0 Å². The van der Waals surface area contributed by atoms with Crippen LogP contribution in [0.3, 0.4) is 0 Å². The molecule has 9 nitrogen and oxygen atoms in total. The summed E-state index contributed by atoms with van der Waals surface area (Å²) in [5.74, 6) is -2.56. The molecule has 2 aromatic rings. The van der Waals surface area contributed by atoms with Crippen LogP contribution in [0.2, 0.25) is 0 Å². The topological polar surface area (TPSA) is 95.9 Å². The maximum Gasteiger partial charge on any atom is 0.336 e. The number of rotatable bonds is 9. The molecule has 218 valence electrons. The zero-order valence-corrected chi connectivity index (χ0v) is 24.1. The molecule has 3 aliphatic rings. The molecule has 0 spiro atoms. The first-order valence-electron chi connectivity index (χ1n) is 14.0. The van der Waals surface area contributed by atoms with E-state index in [1.54, 1.807) is 13.8 Å². The maximum atomic E-state index is 13.3. The zero-order valence-electron chi connectivity index (χ0n) is 24.1. The summed E-state index contributed by atoms with van der Waals surface area (Å²) in [5, 5.41) is 11.7. The largest absolute Gasteiger partial charge is 0.461 e. The van der Waals surface area contributed by atoms with Gasteiger partial charge in [0.2, 0.25) is 0 Å². The number of ether oxygens (including phenoxy) is 6. The quantitative estimate of drug-likeness (QED) is 0.464. The Morgan fingerprint density at radius 1 is 0.825 bits per heavy atom. The van der Waals surface area contributed by atoms with Crippen LogP contribution in [0.4, 0.5) is 0 Å². The lowest BCUT2D eigenvalue weighted by molar-refractivity contribution is -0.255. The van der Waals surface area contributed by atoms with Gasteiger partial charge in [-0.3, -0.25) is 4.90 Å². The Morgan fingerprint density at radius 3 is 1.88 bits per heavy atom. The number of nitrogens with zero attached hydrogens (tertiary/aromatic N) is 1. The lowest BCUT2D eigenvalue weighted by Gasteiger charge is -2.45. The Hall–Kier alpha value is -2.37. The first kappa shape index (κ1) is 29.1. The van der Waals surface area contributed by atoms with Gasteiger partial charge in [0.05, 0.1) is 12.1 Å². The van der Waals surface area contributed by atoms with E-state index in [2.05, 4.69) is 4.90 Å². The number of benzene rings is 2. The highest BCUT2D eigenvalue weighted by Gasteiger charge is 2.63. The maximum absolute atomic E-state index is 13.3. The van der Waals surface area contributed by atoms with Crippen LogP contribution in [0.1, 0.15) is 52.7 Å². The van der Waals surface area contributed by atoms with E-state index >= 15 is 0 Å². The van der Waals surface area contributed by atoms with Crippen molar-refractivity contribution in [3.8, 4) is 0 Å². The molecule has 0 amide bonds. The SMILES string of the molecule is CC(C)OC(=O)[C@H](O)[C@@H]([C@H]1O[C@@H]2OC(C)(C)O[C@@H]2[C@H]2OC(C)(C)O[C@H]21)N(Cc1ccccc1)Cc1ccccc1. The van der Waals surface area contributed by atoms with Crippen molar-refractivity contribution in [2.45, 2.75) is 115 Å². The number of carbonyl (C=O) groups excluding carboxylic acids is 1. The van der Waals surface area contributed by atoms with Gasteiger partial charge in [-0.1, -0.05) is 60.7 Å². The van der Waals surface area contributed by atoms with E-state index in [1.807, 2.05) is 88.4 Å². The number of esters is 1. The normalized spacial score (nSPS) is 30.1. The minimum absolute atomic E-state index is 0.402. The highest BCUT2D eigenvalue weighted by atomic mass is 16.9. The van der Waals surface area contributed by atoms with Crippen LogP contribution >= 0.6 is 0 Å². The molecule has 40 heavy (non-hydrogen) atoms. The molecule has 0 aromatic heterocycles. The van der Waals surface area contributed by atoms with Crippen molar-refractivity contribution in [3.63, 3.8) is 0 Å². The fourth-order valence-electron chi connectivity index (χ4n) is 5.85. The summed E-state index contributed by atoms with van der Waals surface area (Å²) in [5.41, 5.74) is 2.03. The minimum atomic E-state index is -1.54. The summed E-state index contributed by atoms with van der Waals surface area (Å²) >= 11 is 0. The molecule has 3 fully saturated rings. The second-order valence-corrected chi connectivity index (χ2v) is 11.9. The summed E-state index contributed by atoms with van der Waals surface area (Å²) in [6, 6.07) is 19.0. The average molecular weight is 556 g/mol. The Labute approximate surface area is 236 Å². The summed E-state index contributed by atoms with van der Waals surface area (Å²) in [6.07, 6.45) is -5.24. The van der Waals surface area contributed by atoms with Crippen molar-refractivity contribution in [2.24, 2.45) is 0 Å². The summed E-state index contributed by atoms with van der Waals surface area (Å²) in [6.45, 7) is 11.7. The molecular weight excluding hydrogens is 514 g/mol. The van der Waals surface area contributed by atoms with Crippen molar-refractivity contribution in [3.05, 3.63) is 71.8 Å². The third-order valence-corrected chi connectivity index (χ3v) is 7.32. The molecule has 3 aliphatic heterocycles. The minimum Gasteiger partial charge on any atom is -0.461 e. The van der Waals surface area contributed by atoms with Gasteiger partial charge in [-0.05, 0) is 52.7 Å². The Bertz CT molecular complexity index is 1100. The van der Waals surface area contributed by atoms with E-state index < -0.39 is 66.5 Å². The van der Waals surface area contributed by atoms with Crippen molar-refractivity contribution < 1.29 is 38.3 Å². The van der Waals surface area contributed by atoms with E-state index in [4.69, 9.17) is 28.4 Å². The number of aliphatic hydroxyl groups excluding tert-OH is 1. The monoisotopic (exact) mass is 555 g/mol. The number of hydrogen-bond acceptors (Lipinski definition) is 9. The first-order chi connectivity index (χ1) is 18.9. The van der Waals surface area contributed by atoms with Crippen molar-refractivity contribution in [2.75, 3.05) is 0 Å². The van der Waals surface area contributed by atoms with Crippen molar-refractivity contribution in [1.29, 1.82) is 0 Å². The van der Waals surface area contributed by atoms with Gasteiger partial charge in [-0.25, -0.2) is 4.79 Å². The van der Waals surface area contributed by atoms with Gasteiger partial charge >= 0.3 is 5.97 Å². The second-order valence-electron chi connectivity index (χ2n) is 11.9. The second kappa shape index (κ2) is 11.5. The number of hydrogen-bond donors (Lipinski definition) is 1. The van der Waals surface area contributed by atoms with Crippen LogP contribution in [0.15, 0.2) is 60.7 Å². The summed E-state index contributed by atoms with van der Waals surface area (Å²) in [4.78, 5) is 15.4. The lowest BCUT2D eigenvalue weighted by Crippen LogP contribution is -2.65. The van der Waals surface area contributed by atoms with E-state index in [0.717, 1.165) is 11.1 Å². The van der Waals surface area contributed by atoms with Crippen LogP contribution in [-0.2, 0) is 46.3 Å². The van der Waals surface area contributed by atoms with Gasteiger partial charge in [0.25, 0.3) is 0 Å². The van der Waals surface area contributed by atoms with Gasteiger partial charge in [-0.15, -0.1) is 0 Å². The van der Waals surface area contributed by atoms with Crippen molar-refractivity contribution >= 4 is 5.97 Å². The fourth-order valence-corrected chi connectivity index (χ4v) is 5.85. The molecule has 0 radical (unpaired) electrons. The molecule has 0 bridgehead atoms. The smallest absolute Gasteiger partial charge is 0.336 e. The van der Waals surface area contributed by atoms with Crippen molar-refractivity contribution in [1.82, 2.24) is 4.90 Å². The van der Waals surface area contributed by atoms with Gasteiger partial charge in [0, 0.05) is 13.1 Å². The van der Waals surface area contributed by atoms with Crippen LogP contribution in [-0.4, -0.2) is 76.5 Å². The number of fused-ring (bicyclic) bond motifs is 3. The molecule has 7 atom stereocenters. The third-order valence-electron chi connectivity index (χ3n) is 7.32. The molecule has 2 aromatic carbocycles. The zero-order chi connectivity index (χ0) is 28.7. The third kappa shape index (κ3) is 6.41. The molecule has 3 saturated heterocycles. The molecule has 0 unspecified atom stereocenters. The number of carbonyl (C=O) groups is 1. The predicted molar refractivity (Wildman–Crippen MR) is 146 cm³/mol. The molecule has 1 N–H and O–H groups in total. The van der Waals surface area contributed by atoms with E-state index in [1.165, 1.54) is 0 Å². The van der Waals surface area contributed by atoms with Crippen LogP contribution < -0.4 is 0 Å². The molecule has 5 rings (SSSR count).